The molecule has 2 fully saturated rings. The summed E-state index contributed by atoms with van der Waals surface area (Å²) >= 11 is 0. The molecule has 45 heavy (non-hydrogen) atoms. The second kappa shape index (κ2) is 11.8. The minimum Gasteiger partial charge on any atom is -0.475 e. The summed E-state index contributed by atoms with van der Waals surface area (Å²) in [6.07, 6.45) is 0.511. The van der Waals surface area contributed by atoms with Gasteiger partial charge in [0.25, 0.3) is 0 Å². The van der Waals surface area contributed by atoms with Gasteiger partial charge in [-0.2, -0.15) is 18.3 Å². The zero-order valence-corrected chi connectivity index (χ0v) is 24.8. The average molecular weight is 619 g/mol. The first-order valence-electron chi connectivity index (χ1n) is 14.8. The van der Waals surface area contributed by atoms with Gasteiger partial charge in [0.05, 0.1) is 28.8 Å². The summed E-state index contributed by atoms with van der Waals surface area (Å²) in [5.74, 6) is -2.44. The summed E-state index contributed by atoms with van der Waals surface area (Å²) in [6, 6.07) is 23.3. The molecule has 4 aromatic rings. The predicted octanol–water partition coefficient (Wildman–Crippen LogP) is 6.35. The Balaban J connectivity index is 0.000000460. The summed E-state index contributed by atoms with van der Waals surface area (Å²) in [7, 11) is 0. The van der Waals surface area contributed by atoms with Gasteiger partial charge in [-0.1, -0.05) is 60.7 Å². The minimum atomic E-state index is -5.08. The molecule has 2 aliphatic heterocycles. The number of para-hydroxylation sites is 1. The van der Waals surface area contributed by atoms with Crippen molar-refractivity contribution in [1.82, 2.24) is 15.1 Å². The van der Waals surface area contributed by atoms with Gasteiger partial charge in [0.2, 0.25) is 5.91 Å². The molecule has 3 aromatic carbocycles. The number of anilines is 1. The van der Waals surface area contributed by atoms with E-state index < -0.39 is 17.6 Å². The van der Waals surface area contributed by atoms with Crippen molar-refractivity contribution in [2.75, 3.05) is 18.4 Å². The van der Waals surface area contributed by atoms with Gasteiger partial charge >= 0.3 is 12.1 Å². The van der Waals surface area contributed by atoms with Crippen LogP contribution in [0, 0.1) is 0 Å². The van der Waals surface area contributed by atoms with Crippen molar-refractivity contribution in [2.24, 2.45) is 0 Å². The normalized spacial score (nSPS) is 24.4. The maximum atomic E-state index is 12.9. The Morgan fingerprint density at radius 1 is 1.07 bits per heavy atom. The molecule has 7 rings (SSSR count). The number of carboxylic acids is 1. The molecule has 11 heteroatoms. The molecule has 1 spiro atoms. The first-order chi connectivity index (χ1) is 21.4. The number of morpholine rings is 1. The number of H-pyrrole nitrogens is 1. The molecule has 1 saturated carbocycles. The summed E-state index contributed by atoms with van der Waals surface area (Å²) in [5.41, 5.74) is 7.23. The van der Waals surface area contributed by atoms with Crippen LogP contribution in [0.5, 0.6) is 0 Å². The van der Waals surface area contributed by atoms with Crippen LogP contribution in [-0.4, -0.2) is 63.6 Å². The van der Waals surface area contributed by atoms with E-state index in [2.05, 4.69) is 94.9 Å². The number of alkyl halides is 3. The summed E-state index contributed by atoms with van der Waals surface area (Å²) in [6.45, 7) is 7.19. The zero-order valence-electron chi connectivity index (χ0n) is 24.8. The molecule has 3 aliphatic rings. The van der Waals surface area contributed by atoms with Gasteiger partial charge in [-0.15, -0.1) is 0 Å². The van der Waals surface area contributed by atoms with Crippen LogP contribution in [-0.2, 0) is 26.3 Å². The van der Waals surface area contributed by atoms with Crippen molar-refractivity contribution in [1.29, 1.82) is 0 Å². The van der Waals surface area contributed by atoms with Gasteiger partial charge in [-0.05, 0) is 60.7 Å². The van der Waals surface area contributed by atoms with Crippen molar-refractivity contribution in [3.05, 3.63) is 94.7 Å². The Morgan fingerprint density at radius 2 is 1.76 bits per heavy atom. The molecule has 1 saturated heterocycles. The lowest BCUT2D eigenvalue weighted by Gasteiger charge is -2.35. The Morgan fingerprint density at radius 3 is 2.44 bits per heavy atom. The van der Waals surface area contributed by atoms with Crippen LogP contribution in [0.15, 0.2) is 66.7 Å². The van der Waals surface area contributed by atoms with Crippen molar-refractivity contribution >= 4 is 40.6 Å². The highest BCUT2D eigenvalue weighted by Crippen LogP contribution is 2.65. The summed E-state index contributed by atoms with van der Waals surface area (Å²) in [4.78, 5) is 24.2. The third kappa shape index (κ3) is 6.23. The van der Waals surface area contributed by atoms with Gasteiger partial charge in [0.1, 0.15) is 0 Å². The number of rotatable bonds is 5. The van der Waals surface area contributed by atoms with Crippen LogP contribution >= 0.6 is 0 Å². The monoisotopic (exact) mass is 618 g/mol. The number of halogens is 3. The molecular weight excluding hydrogens is 585 g/mol. The fraction of sp³-hybridized carbons (Fsp3) is 0.324. The Kier molecular flexibility index (Phi) is 8.00. The SMILES string of the molecule is C[C@@H]1CN(Cc2ccc(/C=C/c3n[nH]c4cc([C@@H]5CC56C(=O)Nc5ccccc56)ccc34)cc2)C[C@H](C)O1.O=C(O)C(F)(F)F. The maximum Gasteiger partial charge on any atom is 0.490 e. The number of aromatic nitrogens is 2. The number of carboxylic acid groups (broad SMARTS) is 1. The van der Waals surface area contributed by atoms with Crippen LogP contribution in [0.25, 0.3) is 23.1 Å². The van der Waals surface area contributed by atoms with Crippen LogP contribution in [0.3, 0.4) is 0 Å². The van der Waals surface area contributed by atoms with E-state index in [9.17, 15) is 18.0 Å². The summed E-state index contributed by atoms with van der Waals surface area (Å²) in [5, 5.41) is 19.1. The molecule has 1 aromatic heterocycles. The van der Waals surface area contributed by atoms with Crippen molar-refractivity contribution < 1.29 is 32.6 Å². The summed E-state index contributed by atoms with van der Waals surface area (Å²) < 4.78 is 37.6. The lowest BCUT2D eigenvalue weighted by Crippen LogP contribution is -2.44. The second-order valence-corrected chi connectivity index (χ2v) is 12.0. The third-order valence-electron chi connectivity index (χ3n) is 8.60. The Bertz CT molecular complexity index is 1760. The van der Waals surface area contributed by atoms with E-state index in [-0.39, 0.29) is 24.0 Å². The average Bonchev–Trinajstić information content (AvgIpc) is 3.52. The van der Waals surface area contributed by atoms with E-state index in [4.69, 9.17) is 14.6 Å². The van der Waals surface area contributed by atoms with Gasteiger partial charge in [-0.25, -0.2) is 4.79 Å². The quantitative estimate of drug-likeness (QED) is 0.241. The highest BCUT2D eigenvalue weighted by Gasteiger charge is 2.65. The van der Waals surface area contributed by atoms with Crippen LogP contribution < -0.4 is 5.32 Å². The lowest BCUT2D eigenvalue weighted by atomic mass is 9.92. The molecule has 3 heterocycles. The van der Waals surface area contributed by atoms with Crippen molar-refractivity contribution in [3.8, 4) is 0 Å². The number of hydrogen-bond donors (Lipinski definition) is 3. The molecule has 3 N–H and O–H groups in total. The Hall–Kier alpha value is -4.48. The topological polar surface area (TPSA) is 108 Å². The molecule has 8 nitrogen and oxygen atoms in total. The number of carbonyl (C=O) groups excluding carboxylic acids is 1. The Labute approximate surface area is 257 Å². The van der Waals surface area contributed by atoms with Gasteiger partial charge in [0, 0.05) is 36.6 Å². The highest BCUT2D eigenvalue weighted by molar-refractivity contribution is 6.09. The number of ether oxygens (including phenoxy) is 1. The largest absolute Gasteiger partial charge is 0.490 e. The highest BCUT2D eigenvalue weighted by atomic mass is 19.4. The number of nitrogens with one attached hydrogen (secondary N) is 2. The second-order valence-electron chi connectivity index (χ2n) is 12.0. The van der Waals surface area contributed by atoms with E-state index in [0.717, 1.165) is 59.5 Å². The number of aliphatic carboxylic acids is 1. The van der Waals surface area contributed by atoms with Crippen LogP contribution in [0.4, 0.5) is 18.9 Å². The first kappa shape index (κ1) is 30.5. The zero-order chi connectivity index (χ0) is 31.9. The fourth-order valence-electron chi connectivity index (χ4n) is 6.53. The molecule has 0 radical (unpaired) electrons. The van der Waals surface area contributed by atoms with E-state index >= 15 is 0 Å². The number of fused-ring (bicyclic) bond motifs is 3. The molecule has 1 unspecified atom stereocenters. The molecule has 4 atom stereocenters. The number of aromatic amines is 1. The van der Waals surface area contributed by atoms with E-state index in [1.807, 2.05) is 18.2 Å². The first-order valence-corrected chi connectivity index (χ1v) is 14.8. The minimum absolute atomic E-state index is 0.122. The molecule has 234 valence electrons. The van der Waals surface area contributed by atoms with Gasteiger partial charge in [0.15, 0.2) is 0 Å². The predicted molar refractivity (Wildman–Crippen MR) is 165 cm³/mol. The number of nitrogens with zero attached hydrogens (tertiary/aromatic N) is 2. The smallest absolute Gasteiger partial charge is 0.475 e. The van der Waals surface area contributed by atoms with E-state index in [0.29, 0.717) is 0 Å². The van der Waals surface area contributed by atoms with Crippen molar-refractivity contribution in [3.63, 3.8) is 0 Å². The van der Waals surface area contributed by atoms with E-state index in [1.165, 1.54) is 11.1 Å². The number of benzene rings is 3. The molecule has 1 amide bonds. The van der Waals surface area contributed by atoms with Crippen molar-refractivity contribution in [2.45, 2.75) is 56.5 Å². The van der Waals surface area contributed by atoms with Crippen LogP contribution in [0.1, 0.15) is 54.1 Å². The molecule has 1 aliphatic carbocycles. The number of amides is 1. The standard InChI is InChI=1S/C32H32N4O2.C2HF3O2/c1-20-17-36(18-21(2)38-20)19-23-9-7-22(8-10-23)11-14-28-25-13-12-24(15-30(25)35-34-28)27-16-32(27)26-5-3-4-6-29(26)33-31(32)37;3-2(4,5)1(6)7/h3-15,20-21,27H,16-19H2,1-2H3,(H,33,37)(H,34,35);(H,6,7)/b14-11+;/t20-,21+,27-,32?;/m0./s1. The van der Waals surface area contributed by atoms with E-state index in [1.54, 1.807) is 0 Å². The molecule has 0 bridgehead atoms. The van der Waals surface area contributed by atoms with Crippen LogP contribution in [0.2, 0.25) is 0 Å². The number of hydrogen-bond acceptors (Lipinski definition) is 5. The van der Waals surface area contributed by atoms with Gasteiger partial charge in [-0.3, -0.25) is 14.8 Å². The van der Waals surface area contributed by atoms with Gasteiger partial charge < -0.3 is 15.2 Å². The maximum absolute atomic E-state index is 12.9. The molecular formula is C34H33F3N4O4. The number of carbonyl (C=O) groups is 2. The fourth-order valence-corrected chi connectivity index (χ4v) is 6.53. The third-order valence-corrected chi connectivity index (χ3v) is 8.60. The lowest BCUT2D eigenvalue weighted by molar-refractivity contribution is -0.192.